The second-order valence-electron chi connectivity index (χ2n) is 8.63. The van der Waals surface area contributed by atoms with E-state index < -0.39 is 0 Å². The van der Waals surface area contributed by atoms with Crippen LogP contribution in [0.4, 0.5) is 0 Å². The average Bonchev–Trinajstić information content (AvgIpc) is 2.94. The molecule has 0 atom stereocenters. The number of hydrogen-bond donors (Lipinski definition) is 1. The maximum atomic E-state index is 12.7. The lowest BCUT2D eigenvalue weighted by atomic mass is 10.1. The van der Waals surface area contributed by atoms with E-state index in [9.17, 15) is 14.4 Å². The van der Waals surface area contributed by atoms with Crippen LogP contribution in [-0.4, -0.2) is 62.2 Å². The van der Waals surface area contributed by atoms with Gasteiger partial charge in [0.1, 0.15) is 5.75 Å². The zero-order chi connectivity index (χ0) is 28.9. The largest absolute Gasteiger partial charge is 0.493 e. The summed E-state index contributed by atoms with van der Waals surface area (Å²) in [6, 6.07) is 4.71. The maximum Gasteiger partial charge on any atom is 0.251 e. The van der Waals surface area contributed by atoms with Crippen molar-refractivity contribution in [2.24, 2.45) is 4.99 Å². The minimum absolute atomic E-state index is 0.0100. The average molecular weight is 532 g/mol. The molecule has 0 bridgehead atoms. The Labute approximate surface area is 229 Å². The van der Waals surface area contributed by atoms with E-state index in [0.717, 1.165) is 30.5 Å². The molecule has 0 aliphatic rings. The number of carbonyl (C=O) groups is 3. The van der Waals surface area contributed by atoms with Crippen molar-refractivity contribution in [3.63, 3.8) is 0 Å². The zero-order valence-corrected chi connectivity index (χ0v) is 24.8. The van der Waals surface area contributed by atoms with Crippen LogP contribution in [0.5, 0.6) is 5.75 Å². The number of methoxy groups -OCH3 is 1. The van der Waals surface area contributed by atoms with Crippen LogP contribution in [0.2, 0.25) is 0 Å². The monoisotopic (exact) mass is 531 g/mol. The molecule has 0 aliphatic carbocycles. The van der Waals surface area contributed by atoms with E-state index in [1.807, 2.05) is 39.5 Å². The predicted octanol–water partition coefficient (Wildman–Crippen LogP) is 6.20. The molecule has 1 aromatic rings. The lowest BCUT2D eigenvalue weighted by Crippen LogP contribution is -2.33. The van der Waals surface area contributed by atoms with E-state index in [0.29, 0.717) is 48.8 Å². The molecule has 0 heterocycles. The van der Waals surface area contributed by atoms with E-state index >= 15 is 0 Å². The molecule has 0 saturated carbocycles. The van der Waals surface area contributed by atoms with Gasteiger partial charge in [-0.3, -0.25) is 14.4 Å². The number of nitrogens with zero attached hydrogens (tertiary/aromatic N) is 2. The summed E-state index contributed by atoms with van der Waals surface area (Å²) in [5, 5.41) is 2.79. The normalized spacial score (nSPS) is 11.5. The summed E-state index contributed by atoms with van der Waals surface area (Å²) in [5.41, 5.74) is 2.46. The van der Waals surface area contributed by atoms with Crippen molar-refractivity contribution in [3.05, 3.63) is 40.6 Å². The van der Waals surface area contributed by atoms with Gasteiger partial charge in [-0.2, -0.15) is 0 Å². The highest BCUT2D eigenvalue weighted by Crippen LogP contribution is 2.19. The first-order valence-corrected chi connectivity index (χ1v) is 13.9. The predicted molar refractivity (Wildman–Crippen MR) is 155 cm³/mol. The van der Waals surface area contributed by atoms with Crippen LogP contribution in [0.1, 0.15) is 108 Å². The summed E-state index contributed by atoms with van der Waals surface area (Å²) in [6.45, 7) is 15.2. The Morgan fingerprint density at radius 3 is 2.29 bits per heavy atom. The number of ether oxygens (including phenoxy) is 2. The Kier molecular flexibility index (Phi) is 19.1. The topological polar surface area (TPSA) is 97.3 Å². The van der Waals surface area contributed by atoms with Gasteiger partial charge in [0.25, 0.3) is 5.91 Å². The number of nitrogens with one attached hydrogen (secondary N) is 1. The third-order valence-electron chi connectivity index (χ3n) is 5.93. The van der Waals surface area contributed by atoms with Gasteiger partial charge in [0, 0.05) is 19.0 Å². The van der Waals surface area contributed by atoms with E-state index in [2.05, 4.69) is 17.2 Å². The molecule has 8 heteroatoms. The van der Waals surface area contributed by atoms with Gasteiger partial charge >= 0.3 is 0 Å². The lowest BCUT2D eigenvalue weighted by Gasteiger charge is -2.23. The fourth-order valence-corrected chi connectivity index (χ4v) is 3.54. The highest BCUT2D eigenvalue weighted by molar-refractivity contribution is 5.98. The second-order valence-corrected chi connectivity index (χ2v) is 8.63. The van der Waals surface area contributed by atoms with Gasteiger partial charge in [-0.05, 0) is 44.9 Å². The van der Waals surface area contributed by atoms with Gasteiger partial charge in [0.05, 0.1) is 38.1 Å². The minimum atomic E-state index is -0.360. The molecule has 8 nitrogen and oxygen atoms in total. The van der Waals surface area contributed by atoms with Gasteiger partial charge in [0.15, 0.2) is 6.29 Å². The number of allylic oxidation sites excluding steroid dienone is 1. The third-order valence-corrected chi connectivity index (χ3v) is 5.93. The molecule has 0 aromatic heterocycles. The molecule has 2 amide bonds. The van der Waals surface area contributed by atoms with E-state index in [1.165, 1.54) is 32.4 Å². The number of rotatable bonds is 16. The SMILES string of the molecule is CC.CCCCCCCN(CC(N=C(CNC(=O)c1ccc(OCC)c(C=O)c1)OC)=C(C)CC)C(C)=O. The van der Waals surface area contributed by atoms with Crippen LogP contribution in [0.15, 0.2) is 34.5 Å². The van der Waals surface area contributed by atoms with Crippen molar-refractivity contribution in [2.75, 3.05) is 33.4 Å². The molecule has 214 valence electrons. The summed E-state index contributed by atoms with van der Waals surface area (Å²) in [5.74, 6) is 0.421. The summed E-state index contributed by atoms with van der Waals surface area (Å²) in [4.78, 5) is 42.8. The molecule has 1 aromatic carbocycles. The van der Waals surface area contributed by atoms with Crippen molar-refractivity contribution in [1.82, 2.24) is 10.2 Å². The Morgan fingerprint density at radius 2 is 1.74 bits per heavy atom. The summed E-state index contributed by atoms with van der Waals surface area (Å²) in [6.07, 6.45) is 7.07. The molecule has 0 aliphatic heterocycles. The number of benzene rings is 1. The van der Waals surface area contributed by atoms with Crippen molar-refractivity contribution >= 4 is 24.0 Å². The van der Waals surface area contributed by atoms with Crippen molar-refractivity contribution < 1.29 is 23.9 Å². The fourth-order valence-electron chi connectivity index (χ4n) is 3.54. The Morgan fingerprint density at radius 1 is 1.05 bits per heavy atom. The van der Waals surface area contributed by atoms with Gasteiger partial charge in [-0.1, -0.05) is 59.0 Å². The number of amides is 2. The first kappa shape index (κ1) is 34.8. The third kappa shape index (κ3) is 12.9. The number of carbonyl (C=O) groups excluding carboxylic acids is 3. The maximum absolute atomic E-state index is 12.7. The molecule has 1 rings (SSSR count). The Bertz CT molecular complexity index is 924. The van der Waals surface area contributed by atoms with Crippen LogP contribution >= 0.6 is 0 Å². The zero-order valence-electron chi connectivity index (χ0n) is 24.8. The summed E-state index contributed by atoms with van der Waals surface area (Å²) in [7, 11) is 1.50. The number of hydrogen-bond acceptors (Lipinski definition) is 6. The van der Waals surface area contributed by atoms with Gasteiger partial charge < -0.3 is 19.7 Å². The minimum Gasteiger partial charge on any atom is -0.493 e. The highest BCUT2D eigenvalue weighted by Gasteiger charge is 2.15. The van der Waals surface area contributed by atoms with E-state index in [4.69, 9.17) is 9.47 Å². The molecular weight excluding hydrogens is 482 g/mol. The van der Waals surface area contributed by atoms with Gasteiger partial charge in [-0.15, -0.1) is 0 Å². The first-order chi connectivity index (χ1) is 18.3. The lowest BCUT2D eigenvalue weighted by molar-refractivity contribution is -0.128. The van der Waals surface area contributed by atoms with Crippen molar-refractivity contribution in [1.29, 1.82) is 0 Å². The van der Waals surface area contributed by atoms with Gasteiger partial charge in [-0.25, -0.2) is 4.99 Å². The molecule has 1 N–H and O–H groups in total. The smallest absolute Gasteiger partial charge is 0.251 e. The summed E-state index contributed by atoms with van der Waals surface area (Å²) < 4.78 is 10.9. The number of aldehydes is 1. The molecule has 38 heavy (non-hydrogen) atoms. The Hall–Kier alpha value is -3.16. The van der Waals surface area contributed by atoms with Crippen LogP contribution < -0.4 is 10.1 Å². The number of aliphatic imine (C=N–C) groups is 1. The summed E-state index contributed by atoms with van der Waals surface area (Å²) >= 11 is 0. The van der Waals surface area contributed by atoms with Crippen LogP contribution in [0.25, 0.3) is 0 Å². The molecular formula is C30H49N3O5. The second kappa shape index (κ2) is 20.8. The molecule has 0 fully saturated rings. The molecule has 0 saturated heterocycles. The Balaban J connectivity index is 0.00000667. The highest BCUT2D eigenvalue weighted by atomic mass is 16.5. The van der Waals surface area contributed by atoms with Crippen LogP contribution in [-0.2, 0) is 9.53 Å². The standard InChI is InChI=1S/C28H43N3O5.C2H6/c1-7-10-11-12-13-16-31(22(5)33)19-25(21(4)8-2)30-27(35-6)18-29-28(34)23-14-15-26(36-9-3)24(17-23)20-32;1-2/h14-15,17,20H,7-13,16,18-19H2,1-6H3,(H,29,34);1-2H3. The van der Waals surface area contributed by atoms with Gasteiger partial charge in [0.2, 0.25) is 11.8 Å². The quantitative estimate of drug-likeness (QED) is 0.119. The molecule has 0 unspecified atom stereocenters. The van der Waals surface area contributed by atoms with Crippen molar-refractivity contribution in [2.45, 2.75) is 87.0 Å². The number of unbranched alkanes of at least 4 members (excludes halogenated alkanes) is 4. The fraction of sp³-hybridized carbons (Fsp3) is 0.600. The first-order valence-electron chi connectivity index (χ1n) is 13.9. The van der Waals surface area contributed by atoms with E-state index in [1.54, 1.807) is 19.1 Å². The van der Waals surface area contributed by atoms with Crippen molar-refractivity contribution in [3.8, 4) is 5.75 Å². The molecule has 0 spiro atoms. The van der Waals surface area contributed by atoms with Crippen LogP contribution in [0.3, 0.4) is 0 Å². The van der Waals surface area contributed by atoms with E-state index in [-0.39, 0.29) is 18.4 Å². The molecule has 0 radical (unpaired) electrons. The van der Waals surface area contributed by atoms with Crippen LogP contribution in [0, 0.1) is 0 Å².